The topological polar surface area (TPSA) is 151 Å². The van der Waals surface area contributed by atoms with E-state index in [0.29, 0.717) is 12.1 Å². The van der Waals surface area contributed by atoms with Gasteiger partial charge in [0.15, 0.2) is 9.84 Å². The SMILES string of the molecule is CCOP(=O)(O)CNC(=O)C(CC(C)C)NC(=O)Nc1ccc(S(C)(=O)=O)cc1. The average Bonchev–Trinajstić information content (AvgIpc) is 2.58. The van der Waals surface area contributed by atoms with Crippen LogP contribution in [0.15, 0.2) is 29.2 Å². The van der Waals surface area contributed by atoms with Crippen LogP contribution in [0.4, 0.5) is 10.5 Å². The molecule has 0 saturated heterocycles. The molecule has 0 aliphatic carbocycles. The molecule has 0 radical (unpaired) electrons. The van der Waals surface area contributed by atoms with E-state index in [4.69, 9.17) is 0 Å². The molecule has 0 saturated carbocycles. The molecule has 0 bridgehead atoms. The predicted molar refractivity (Wildman–Crippen MR) is 109 cm³/mol. The summed E-state index contributed by atoms with van der Waals surface area (Å²) in [6.07, 6.45) is 0.815. The maximum absolute atomic E-state index is 12.4. The first-order chi connectivity index (χ1) is 13.3. The first-order valence-electron chi connectivity index (χ1n) is 8.95. The summed E-state index contributed by atoms with van der Waals surface area (Å²) in [7, 11) is -7.29. The van der Waals surface area contributed by atoms with Gasteiger partial charge in [0.1, 0.15) is 12.3 Å². The van der Waals surface area contributed by atoms with Gasteiger partial charge in [0, 0.05) is 11.9 Å². The van der Waals surface area contributed by atoms with Gasteiger partial charge < -0.3 is 25.4 Å². The third-order valence-corrected chi connectivity index (χ3v) is 6.00. The molecule has 2 atom stereocenters. The highest BCUT2D eigenvalue weighted by Crippen LogP contribution is 2.39. The molecule has 3 amide bonds. The number of hydrogen-bond acceptors (Lipinski definition) is 6. The summed E-state index contributed by atoms with van der Waals surface area (Å²) in [5.41, 5.74) is 0.342. The van der Waals surface area contributed by atoms with E-state index >= 15 is 0 Å². The number of anilines is 1. The van der Waals surface area contributed by atoms with Crippen molar-refractivity contribution in [1.82, 2.24) is 10.6 Å². The molecule has 0 heterocycles. The van der Waals surface area contributed by atoms with Gasteiger partial charge in [-0.15, -0.1) is 0 Å². The van der Waals surface area contributed by atoms with Crippen LogP contribution in [0.2, 0.25) is 0 Å². The van der Waals surface area contributed by atoms with Gasteiger partial charge in [-0.1, -0.05) is 13.8 Å². The molecule has 1 aromatic rings. The number of carbonyl (C=O) groups is 2. The first-order valence-corrected chi connectivity index (χ1v) is 12.6. The summed E-state index contributed by atoms with van der Waals surface area (Å²) >= 11 is 0. The van der Waals surface area contributed by atoms with E-state index in [2.05, 4.69) is 20.5 Å². The Bertz CT molecular complexity index is 856. The lowest BCUT2D eigenvalue weighted by Gasteiger charge is -2.21. The fourth-order valence-corrected chi connectivity index (χ4v) is 3.84. The second kappa shape index (κ2) is 10.7. The minimum atomic E-state index is -3.94. The van der Waals surface area contributed by atoms with E-state index in [1.54, 1.807) is 6.92 Å². The molecule has 1 aromatic carbocycles. The number of amides is 3. The summed E-state index contributed by atoms with van der Waals surface area (Å²) in [6, 6.07) is 3.96. The average molecular weight is 449 g/mol. The highest BCUT2D eigenvalue weighted by molar-refractivity contribution is 7.90. The molecule has 164 valence electrons. The normalized spacial score (nSPS) is 14.7. The number of sulfone groups is 1. The molecule has 29 heavy (non-hydrogen) atoms. The highest BCUT2D eigenvalue weighted by atomic mass is 32.2. The van der Waals surface area contributed by atoms with Crippen LogP contribution < -0.4 is 16.0 Å². The largest absolute Gasteiger partial charge is 0.347 e. The summed E-state index contributed by atoms with van der Waals surface area (Å²) in [6.45, 7) is 5.31. The van der Waals surface area contributed by atoms with Gasteiger partial charge in [0.2, 0.25) is 5.91 Å². The van der Waals surface area contributed by atoms with E-state index < -0.39 is 41.7 Å². The molecule has 0 aromatic heterocycles. The maximum Gasteiger partial charge on any atom is 0.347 e. The Hall–Kier alpha value is -1.94. The van der Waals surface area contributed by atoms with Crippen LogP contribution >= 0.6 is 7.60 Å². The van der Waals surface area contributed by atoms with Crippen molar-refractivity contribution in [3.05, 3.63) is 24.3 Å². The van der Waals surface area contributed by atoms with Crippen LogP contribution in [0.1, 0.15) is 27.2 Å². The van der Waals surface area contributed by atoms with E-state index in [-0.39, 0.29) is 17.4 Å². The number of hydrogen-bond donors (Lipinski definition) is 4. The molecule has 12 heteroatoms. The van der Waals surface area contributed by atoms with Crippen molar-refractivity contribution in [1.29, 1.82) is 0 Å². The monoisotopic (exact) mass is 449 g/mol. The van der Waals surface area contributed by atoms with Crippen LogP contribution in [0.3, 0.4) is 0 Å². The number of benzene rings is 1. The van der Waals surface area contributed by atoms with E-state index in [1.165, 1.54) is 24.3 Å². The summed E-state index contributed by atoms with van der Waals surface area (Å²) in [4.78, 5) is 34.3. The number of nitrogens with one attached hydrogen (secondary N) is 3. The molecule has 4 N–H and O–H groups in total. The Labute approximate surface area is 170 Å². The van der Waals surface area contributed by atoms with Crippen molar-refractivity contribution in [2.24, 2.45) is 5.92 Å². The second-order valence-corrected chi connectivity index (χ2v) is 10.7. The standard InChI is InChI=1S/C17H28N3O7PS/c1-5-27-28(23,24)11-18-16(21)15(10-12(2)3)20-17(22)19-13-6-8-14(9-7-13)29(4,25)26/h6-9,12,15H,5,10-11H2,1-4H3,(H,18,21)(H,23,24)(H2,19,20,22). The second-order valence-electron chi connectivity index (χ2n) is 6.83. The Balaban J connectivity index is 2.75. The Kier molecular flexibility index (Phi) is 9.28. The van der Waals surface area contributed by atoms with Crippen molar-refractivity contribution >= 4 is 35.1 Å². The Morgan fingerprint density at radius 1 is 1.21 bits per heavy atom. The zero-order chi connectivity index (χ0) is 22.2. The molecule has 2 unspecified atom stereocenters. The van der Waals surface area contributed by atoms with Crippen molar-refractivity contribution in [3.63, 3.8) is 0 Å². The third kappa shape index (κ3) is 9.40. The fraction of sp³-hybridized carbons (Fsp3) is 0.529. The van der Waals surface area contributed by atoms with Crippen LogP contribution in [0, 0.1) is 5.92 Å². The Morgan fingerprint density at radius 3 is 2.28 bits per heavy atom. The zero-order valence-electron chi connectivity index (χ0n) is 16.8. The minimum Gasteiger partial charge on any atom is -0.343 e. The van der Waals surface area contributed by atoms with Gasteiger partial charge in [-0.05, 0) is 43.5 Å². The fourth-order valence-electron chi connectivity index (χ4n) is 2.36. The van der Waals surface area contributed by atoms with Gasteiger partial charge in [0.05, 0.1) is 11.5 Å². The summed E-state index contributed by atoms with van der Waals surface area (Å²) < 4.78 is 39.3. The number of carbonyl (C=O) groups excluding carboxylic acids is 2. The summed E-state index contributed by atoms with van der Waals surface area (Å²) in [5, 5.41) is 7.36. The molecular formula is C17H28N3O7PS. The lowest BCUT2D eigenvalue weighted by atomic mass is 10.0. The van der Waals surface area contributed by atoms with Crippen LogP contribution in [-0.4, -0.2) is 50.4 Å². The number of rotatable bonds is 10. The predicted octanol–water partition coefficient (Wildman–Crippen LogP) is 1.92. The van der Waals surface area contributed by atoms with Gasteiger partial charge >= 0.3 is 13.6 Å². The van der Waals surface area contributed by atoms with Gasteiger partial charge in [-0.3, -0.25) is 9.36 Å². The van der Waals surface area contributed by atoms with Crippen LogP contribution in [-0.2, 0) is 23.7 Å². The van der Waals surface area contributed by atoms with Gasteiger partial charge in [0.25, 0.3) is 0 Å². The lowest BCUT2D eigenvalue weighted by molar-refractivity contribution is -0.123. The molecule has 1 rings (SSSR count). The molecule has 10 nitrogen and oxygen atoms in total. The molecule has 0 fully saturated rings. The van der Waals surface area contributed by atoms with Crippen LogP contribution in [0.5, 0.6) is 0 Å². The molecule has 0 aliphatic rings. The van der Waals surface area contributed by atoms with E-state index in [9.17, 15) is 27.5 Å². The van der Waals surface area contributed by atoms with Crippen molar-refractivity contribution in [3.8, 4) is 0 Å². The first kappa shape index (κ1) is 25.1. The van der Waals surface area contributed by atoms with Crippen molar-refractivity contribution < 1.29 is 32.0 Å². The van der Waals surface area contributed by atoms with E-state index in [0.717, 1.165) is 6.26 Å². The van der Waals surface area contributed by atoms with Gasteiger partial charge in [-0.2, -0.15) is 0 Å². The third-order valence-electron chi connectivity index (χ3n) is 3.65. The lowest BCUT2D eigenvalue weighted by Crippen LogP contribution is -2.48. The van der Waals surface area contributed by atoms with Gasteiger partial charge in [-0.25, -0.2) is 13.2 Å². The van der Waals surface area contributed by atoms with E-state index in [1.807, 2.05) is 13.8 Å². The maximum atomic E-state index is 12.4. The Morgan fingerprint density at radius 2 is 1.79 bits per heavy atom. The van der Waals surface area contributed by atoms with Crippen LogP contribution in [0.25, 0.3) is 0 Å². The summed E-state index contributed by atoms with van der Waals surface area (Å²) in [5.74, 6) is -0.553. The zero-order valence-corrected chi connectivity index (χ0v) is 18.5. The highest BCUT2D eigenvalue weighted by Gasteiger charge is 2.25. The smallest absolute Gasteiger partial charge is 0.343 e. The minimum absolute atomic E-state index is 0.0256. The van der Waals surface area contributed by atoms with Crippen molar-refractivity contribution in [2.75, 3.05) is 24.5 Å². The van der Waals surface area contributed by atoms with Crippen molar-refractivity contribution in [2.45, 2.75) is 38.1 Å². The molecular weight excluding hydrogens is 421 g/mol. The molecule has 0 aliphatic heterocycles. The quantitative estimate of drug-likeness (QED) is 0.398. The number of urea groups is 1. The molecule has 0 spiro atoms.